The minimum absolute atomic E-state index is 0.298. The van der Waals surface area contributed by atoms with Crippen molar-refractivity contribution >= 4 is 23.3 Å². The van der Waals surface area contributed by atoms with Gasteiger partial charge in [-0.1, -0.05) is 48.0 Å². The maximum absolute atomic E-state index is 13.6. The molecule has 2 N–H and O–H groups in total. The van der Waals surface area contributed by atoms with Crippen LogP contribution in [-0.4, -0.2) is 11.9 Å². The molecular formula is C27H24N4O2. The summed E-state index contributed by atoms with van der Waals surface area (Å²) in [5.41, 5.74) is 5.61. The summed E-state index contributed by atoms with van der Waals surface area (Å²) in [6.45, 7) is 5.68. The molecule has 4 rings (SSSR count). The summed E-state index contributed by atoms with van der Waals surface area (Å²) in [6.07, 6.45) is 0. The zero-order valence-electron chi connectivity index (χ0n) is 18.7. The molecule has 0 saturated heterocycles. The molecule has 6 heteroatoms. The zero-order chi connectivity index (χ0) is 23.5. The quantitative estimate of drug-likeness (QED) is 0.577. The van der Waals surface area contributed by atoms with Gasteiger partial charge in [-0.2, -0.15) is 5.26 Å². The second-order valence-corrected chi connectivity index (χ2v) is 8.06. The fourth-order valence-corrected chi connectivity index (χ4v) is 3.94. The Morgan fingerprint density at radius 1 is 0.970 bits per heavy atom. The number of urea groups is 1. The van der Waals surface area contributed by atoms with Crippen LogP contribution >= 0.6 is 0 Å². The molecule has 1 aliphatic rings. The third-order valence-electron chi connectivity index (χ3n) is 5.79. The van der Waals surface area contributed by atoms with E-state index in [1.807, 2.05) is 62.4 Å². The number of carbonyl (C=O) groups excluding carboxylic acids is 2. The average molecular weight is 437 g/mol. The lowest BCUT2D eigenvalue weighted by Gasteiger charge is -2.36. The minimum atomic E-state index is -0.657. The number of rotatable bonds is 4. The van der Waals surface area contributed by atoms with Crippen LogP contribution in [0.5, 0.6) is 0 Å². The number of anilines is 2. The summed E-state index contributed by atoms with van der Waals surface area (Å²) >= 11 is 0. The predicted octanol–water partition coefficient (Wildman–Crippen LogP) is 5.36. The average Bonchev–Trinajstić information content (AvgIpc) is 2.81. The van der Waals surface area contributed by atoms with Gasteiger partial charge in [-0.3, -0.25) is 9.69 Å². The van der Waals surface area contributed by atoms with Crippen LogP contribution in [0.15, 0.2) is 84.1 Å². The molecular weight excluding hydrogens is 412 g/mol. The number of benzene rings is 3. The number of nitrogens with zero attached hydrogens (tertiary/aromatic N) is 2. The van der Waals surface area contributed by atoms with Crippen molar-refractivity contribution in [2.45, 2.75) is 26.8 Å². The Balaban J connectivity index is 1.81. The van der Waals surface area contributed by atoms with Crippen LogP contribution in [0, 0.1) is 25.2 Å². The van der Waals surface area contributed by atoms with E-state index in [-0.39, 0.29) is 11.9 Å². The number of nitriles is 1. The van der Waals surface area contributed by atoms with E-state index >= 15 is 0 Å². The molecule has 0 unspecified atom stereocenters. The molecule has 0 bridgehead atoms. The second-order valence-electron chi connectivity index (χ2n) is 8.06. The van der Waals surface area contributed by atoms with Crippen LogP contribution < -0.4 is 15.5 Å². The van der Waals surface area contributed by atoms with Gasteiger partial charge in [0.05, 0.1) is 28.9 Å². The van der Waals surface area contributed by atoms with E-state index < -0.39 is 6.04 Å². The van der Waals surface area contributed by atoms with Gasteiger partial charge in [-0.15, -0.1) is 0 Å². The summed E-state index contributed by atoms with van der Waals surface area (Å²) in [6, 6.07) is 23.1. The third-order valence-corrected chi connectivity index (χ3v) is 5.79. The second kappa shape index (κ2) is 9.01. The van der Waals surface area contributed by atoms with Crippen LogP contribution in [-0.2, 0) is 4.79 Å². The molecule has 33 heavy (non-hydrogen) atoms. The highest BCUT2D eigenvalue weighted by Gasteiger charge is 2.36. The van der Waals surface area contributed by atoms with Gasteiger partial charge in [-0.25, -0.2) is 4.79 Å². The van der Waals surface area contributed by atoms with Crippen molar-refractivity contribution in [1.29, 1.82) is 5.26 Å². The molecule has 0 fully saturated rings. The van der Waals surface area contributed by atoms with Crippen LogP contribution in [0.2, 0.25) is 0 Å². The number of para-hydroxylation sites is 1. The fraction of sp³-hybridized carbons (Fsp3) is 0.148. The van der Waals surface area contributed by atoms with Gasteiger partial charge in [0.25, 0.3) is 5.91 Å². The van der Waals surface area contributed by atoms with Crippen LogP contribution in [0.25, 0.3) is 0 Å². The zero-order valence-corrected chi connectivity index (χ0v) is 18.7. The van der Waals surface area contributed by atoms with Crippen molar-refractivity contribution in [3.05, 3.63) is 106 Å². The first kappa shape index (κ1) is 21.8. The number of amides is 3. The van der Waals surface area contributed by atoms with E-state index in [0.29, 0.717) is 28.2 Å². The molecule has 1 atom stereocenters. The van der Waals surface area contributed by atoms with E-state index in [1.165, 1.54) is 4.90 Å². The predicted molar refractivity (Wildman–Crippen MR) is 129 cm³/mol. The Labute approximate surface area is 193 Å². The van der Waals surface area contributed by atoms with E-state index in [4.69, 9.17) is 5.26 Å². The minimum Gasteiger partial charge on any atom is -0.326 e. The van der Waals surface area contributed by atoms with Crippen molar-refractivity contribution in [2.75, 3.05) is 10.2 Å². The summed E-state index contributed by atoms with van der Waals surface area (Å²) in [5.74, 6) is -0.298. The first-order chi connectivity index (χ1) is 15.9. The van der Waals surface area contributed by atoms with Gasteiger partial charge < -0.3 is 10.6 Å². The first-order valence-electron chi connectivity index (χ1n) is 10.6. The van der Waals surface area contributed by atoms with Crippen molar-refractivity contribution in [1.82, 2.24) is 5.32 Å². The third kappa shape index (κ3) is 4.35. The fourth-order valence-electron chi connectivity index (χ4n) is 3.94. The number of hydrogen-bond acceptors (Lipinski definition) is 3. The van der Waals surface area contributed by atoms with Gasteiger partial charge >= 0.3 is 6.03 Å². The molecule has 0 saturated carbocycles. The largest absolute Gasteiger partial charge is 0.326 e. The lowest BCUT2D eigenvalue weighted by atomic mass is 9.93. The van der Waals surface area contributed by atoms with E-state index in [1.54, 1.807) is 31.2 Å². The van der Waals surface area contributed by atoms with Crippen LogP contribution in [0.3, 0.4) is 0 Å². The number of nitrogens with one attached hydrogen (secondary N) is 2. The summed E-state index contributed by atoms with van der Waals surface area (Å²) in [4.78, 5) is 28.3. The summed E-state index contributed by atoms with van der Waals surface area (Å²) < 4.78 is 0. The lowest BCUT2D eigenvalue weighted by Crippen LogP contribution is -2.48. The van der Waals surface area contributed by atoms with Gasteiger partial charge in [-0.05, 0) is 62.2 Å². The van der Waals surface area contributed by atoms with Crippen molar-refractivity contribution in [2.24, 2.45) is 0 Å². The SMILES string of the molecule is CC1=C(C(=O)Nc2ccccc2C)[C@@H](c2ccc(C#N)cc2)NC(=O)N1c1ccc(C)cc1. The van der Waals surface area contributed by atoms with Crippen molar-refractivity contribution in [3.8, 4) is 6.07 Å². The molecule has 1 aliphatic heterocycles. The lowest BCUT2D eigenvalue weighted by molar-refractivity contribution is -0.113. The Hall–Kier alpha value is -4.37. The Morgan fingerprint density at radius 3 is 2.27 bits per heavy atom. The number of allylic oxidation sites excluding steroid dienone is 1. The topological polar surface area (TPSA) is 85.2 Å². The smallest absolute Gasteiger partial charge is 0.326 e. The van der Waals surface area contributed by atoms with Gasteiger partial charge in [0.1, 0.15) is 0 Å². The van der Waals surface area contributed by atoms with Crippen molar-refractivity contribution in [3.63, 3.8) is 0 Å². The molecule has 3 aromatic rings. The summed E-state index contributed by atoms with van der Waals surface area (Å²) in [7, 11) is 0. The highest BCUT2D eigenvalue weighted by Crippen LogP contribution is 2.34. The maximum Gasteiger partial charge on any atom is 0.326 e. The Kier molecular flexibility index (Phi) is 5.97. The van der Waals surface area contributed by atoms with Crippen LogP contribution in [0.4, 0.5) is 16.2 Å². The number of hydrogen-bond donors (Lipinski definition) is 2. The van der Waals surface area contributed by atoms with Gasteiger partial charge in [0.15, 0.2) is 0 Å². The summed E-state index contributed by atoms with van der Waals surface area (Å²) in [5, 5.41) is 15.1. The van der Waals surface area contributed by atoms with Gasteiger partial charge in [0, 0.05) is 11.4 Å². The molecule has 0 aromatic heterocycles. The highest BCUT2D eigenvalue weighted by atomic mass is 16.2. The molecule has 3 amide bonds. The Morgan fingerprint density at radius 2 is 1.64 bits per heavy atom. The van der Waals surface area contributed by atoms with Gasteiger partial charge in [0.2, 0.25) is 0 Å². The normalized spacial score (nSPS) is 15.6. The first-order valence-corrected chi connectivity index (χ1v) is 10.6. The molecule has 3 aromatic carbocycles. The molecule has 0 spiro atoms. The standard InChI is InChI=1S/C27H24N4O2/c1-17-8-14-22(15-9-17)31-19(3)24(26(32)29-23-7-5-4-6-18(23)2)25(30-27(31)33)21-12-10-20(16-28)11-13-21/h4-15,25H,1-3H3,(H,29,32)(H,30,33)/t25-/m1/s1. The van der Waals surface area contributed by atoms with E-state index in [2.05, 4.69) is 16.7 Å². The number of aryl methyl sites for hydroxylation is 2. The van der Waals surface area contributed by atoms with Crippen molar-refractivity contribution < 1.29 is 9.59 Å². The maximum atomic E-state index is 13.6. The monoisotopic (exact) mass is 436 g/mol. The molecule has 0 radical (unpaired) electrons. The van der Waals surface area contributed by atoms with Crippen LogP contribution in [0.1, 0.15) is 35.2 Å². The number of carbonyl (C=O) groups is 2. The van der Waals surface area contributed by atoms with E-state index in [9.17, 15) is 9.59 Å². The molecule has 0 aliphatic carbocycles. The highest BCUT2D eigenvalue weighted by molar-refractivity contribution is 6.10. The molecule has 6 nitrogen and oxygen atoms in total. The molecule has 164 valence electrons. The van der Waals surface area contributed by atoms with E-state index in [0.717, 1.165) is 16.7 Å². The molecule has 1 heterocycles. The Bertz CT molecular complexity index is 1280.